The second-order valence-corrected chi connectivity index (χ2v) is 5.11. The van der Waals surface area contributed by atoms with Gasteiger partial charge in [0.25, 0.3) is 0 Å². The van der Waals surface area contributed by atoms with Crippen molar-refractivity contribution in [2.75, 3.05) is 19.6 Å². The molecule has 1 aliphatic rings. The Kier molecular flexibility index (Phi) is 5.92. The van der Waals surface area contributed by atoms with Crippen LogP contribution in [0.5, 0.6) is 0 Å². The number of hydrogen-bond acceptors (Lipinski definition) is 3. The largest absolute Gasteiger partial charge is 0.388 e. The number of nitrogens with one attached hydrogen (secondary N) is 2. The molecule has 0 aromatic heterocycles. The summed E-state index contributed by atoms with van der Waals surface area (Å²) in [5.74, 6) is 0.588. The highest BCUT2D eigenvalue weighted by Gasteiger charge is 2.23. The van der Waals surface area contributed by atoms with Crippen LogP contribution in [0.1, 0.15) is 46.0 Å². The average Bonchev–Trinajstić information content (AvgIpc) is 2.37. The molecular weight excluding hydrogens is 216 g/mol. The zero-order valence-corrected chi connectivity index (χ0v) is 11.1. The minimum Gasteiger partial charge on any atom is -0.388 e. The minimum absolute atomic E-state index is 0.0808. The van der Waals surface area contributed by atoms with Gasteiger partial charge in [0.15, 0.2) is 0 Å². The van der Waals surface area contributed by atoms with Crippen LogP contribution in [0.15, 0.2) is 0 Å². The topological polar surface area (TPSA) is 61.4 Å². The van der Waals surface area contributed by atoms with E-state index >= 15 is 0 Å². The van der Waals surface area contributed by atoms with Crippen LogP contribution >= 0.6 is 0 Å². The van der Waals surface area contributed by atoms with Crippen molar-refractivity contribution in [2.45, 2.75) is 51.6 Å². The molecule has 0 spiro atoms. The summed E-state index contributed by atoms with van der Waals surface area (Å²) >= 11 is 0. The SMILES string of the molecule is CCC(O)(CC)CNC(=O)CC1CCNCC1. The fraction of sp³-hybridized carbons (Fsp3) is 0.923. The smallest absolute Gasteiger partial charge is 0.220 e. The second kappa shape index (κ2) is 6.97. The van der Waals surface area contributed by atoms with Crippen molar-refractivity contribution >= 4 is 5.91 Å². The fourth-order valence-electron chi connectivity index (χ4n) is 2.18. The molecule has 4 heteroatoms. The van der Waals surface area contributed by atoms with Gasteiger partial charge in [-0.05, 0) is 44.7 Å². The van der Waals surface area contributed by atoms with E-state index in [0.717, 1.165) is 25.9 Å². The first kappa shape index (κ1) is 14.5. The van der Waals surface area contributed by atoms with E-state index in [9.17, 15) is 9.90 Å². The maximum absolute atomic E-state index is 11.7. The first-order valence-corrected chi connectivity index (χ1v) is 6.79. The van der Waals surface area contributed by atoms with Crippen LogP contribution in [0.4, 0.5) is 0 Å². The van der Waals surface area contributed by atoms with Crippen LogP contribution in [0.25, 0.3) is 0 Å². The summed E-state index contributed by atoms with van der Waals surface area (Å²) in [7, 11) is 0. The molecule has 3 N–H and O–H groups in total. The molecule has 0 aromatic carbocycles. The van der Waals surface area contributed by atoms with E-state index in [2.05, 4.69) is 10.6 Å². The minimum atomic E-state index is -0.732. The molecule has 1 rings (SSSR count). The molecule has 0 saturated carbocycles. The van der Waals surface area contributed by atoms with Crippen molar-refractivity contribution in [1.82, 2.24) is 10.6 Å². The molecule has 0 aromatic rings. The van der Waals surface area contributed by atoms with Gasteiger partial charge in [0.1, 0.15) is 0 Å². The molecule has 1 amide bonds. The molecule has 0 aliphatic carbocycles. The molecule has 0 atom stereocenters. The van der Waals surface area contributed by atoms with Gasteiger partial charge in [0.2, 0.25) is 5.91 Å². The number of hydrogen-bond donors (Lipinski definition) is 3. The quantitative estimate of drug-likeness (QED) is 0.652. The number of amides is 1. The van der Waals surface area contributed by atoms with Crippen molar-refractivity contribution in [3.8, 4) is 0 Å². The normalized spacial score (nSPS) is 18.1. The van der Waals surface area contributed by atoms with Gasteiger partial charge >= 0.3 is 0 Å². The number of aliphatic hydroxyl groups is 1. The van der Waals surface area contributed by atoms with Crippen LogP contribution in [0.3, 0.4) is 0 Å². The highest BCUT2D eigenvalue weighted by Crippen LogP contribution is 2.16. The number of carbonyl (C=O) groups excluding carboxylic acids is 1. The van der Waals surface area contributed by atoms with E-state index in [1.54, 1.807) is 0 Å². The van der Waals surface area contributed by atoms with Crippen LogP contribution in [0, 0.1) is 5.92 Å². The van der Waals surface area contributed by atoms with Gasteiger partial charge in [-0.1, -0.05) is 13.8 Å². The van der Waals surface area contributed by atoms with Gasteiger partial charge in [-0.15, -0.1) is 0 Å². The lowest BCUT2D eigenvalue weighted by Gasteiger charge is -2.26. The van der Waals surface area contributed by atoms with Gasteiger partial charge in [-0.3, -0.25) is 4.79 Å². The van der Waals surface area contributed by atoms with E-state index in [-0.39, 0.29) is 5.91 Å². The van der Waals surface area contributed by atoms with E-state index in [0.29, 0.717) is 31.7 Å². The summed E-state index contributed by atoms with van der Waals surface area (Å²) in [5.41, 5.74) is -0.732. The summed E-state index contributed by atoms with van der Waals surface area (Å²) in [6.07, 6.45) is 4.12. The predicted octanol–water partition coefficient (Wildman–Crippen LogP) is 1.04. The van der Waals surface area contributed by atoms with Gasteiger partial charge in [-0.25, -0.2) is 0 Å². The maximum Gasteiger partial charge on any atom is 0.220 e. The number of piperidine rings is 1. The predicted molar refractivity (Wildman–Crippen MR) is 68.8 cm³/mol. The first-order chi connectivity index (χ1) is 8.09. The summed E-state index contributed by atoms with van der Waals surface area (Å²) in [6.45, 7) is 6.31. The Morgan fingerprint density at radius 2 is 1.94 bits per heavy atom. The molecule has 1 aliphatic heterocycles. The Bertz CT molecular complexity index is 234. The van der Waals surface area contributed by atoms with E-state index < -0.39 is 5.60 Å². The molecule has 100 valence electrons. The zero-order valence-electron chi connectivity index (χ0n) is 11.1. The highest BCUT2D eigenvalue weighted by atomic mass is 16.3. The van der Waals surface area contributed by atoms with E-state index in [4.69, 9.17) is 0 Å². The summed E-state index contributed by atoms with van der Waals surface area (Å²) in [6, 6.07) is 0. The Morgan fingerprint density at radius 3 is 2.47 bits per heavy atom. The monoisotopic (exact) mass is 242 g/mol. The summed E-state index contributed by atoms with van der Waals surface area (Å²) in [4.78, 5) is 11.7. The van der Waals surface area contributed by atoms with Crippen molar-refractivity contribution < 1.29 is 9.90 Å². The van der Waals surface area contributed by atoms with Gasteiger partial charge < -0.3 is 15.7 Å². The van der Waals surface area contributed by atoms with Crippen LogP contribution in [0.2, 0.25) is 0 Å². The molecule has 0 unspecified atom stereocenters. The van der Waals surface area contributed by atoms with E-state index in [1.165, 1.54) is 0 Å². The van der Waals surface area contributed by atoms with Crippen LogP contribution < -0.4 is 10.6 Å². The van der Waals surface area contributed by atoms with Crippen molar-refractivity contribution in [3.05, 3.63) is 0 Å². The molecule has 0 bridgehead atoms. The Morgan fingerprint density at radius 1 is 1.35 bits per heavy atom. The Hall–Kier alpha value is -0.610. The van der Waals surface area contributed by atoms with Gasteiger partial charge in [0, 0.05) is 13.0 Å². The molecular formula is C13H26N2O2. The highest BCUT2D eigenvalue weighted by molar-refractivity contribution is 5.76. The van der Waals surface area contributed by atoms with Crippen molar-refractivity contribution in [1.29, 1.82) is 0 Å². The molecule has 1 fully saturated rings. The molecule has 4 nitrogen and oxygen atoms in total. The third-order valence-corrected chi connectivity index (χ3v) is 3.86. The lowest BCUT2D eigenvalue weighted by molar-refractivity contribution is -0.123. The van der Waals surface area contributed by atoms with Crippen LogP contribution in [-0.4, -0.2) is 36.2 Å². The third-order valence-electron chi connectivity index (χ3n) is 3.86. The Balaban J connectivity index is 2.24. The zero-order chi connectivity index (χ0) is 12.7. The molecule has 17 heavy (non-hydrogen) atoms. The number of rotatable bonds is 6. The first-order valence-electron chi connectivity index (χ1n) is 6.79. The standard InChI is InChI=1S/C13H26N2O2/c1-3-13(17,4-2)10-15-12(16)9-11-5-7-14-8-6-11/h11,14,17H,3-10H2,1-2H3,(H,15,16). The van der Waals surface area contributed by atoms with Crippen molar-refractivity contribution in [2.24, 2.45) is 5.92 Å². The van der Waals surface area contributed by atoms with Crippen molar-refractivity contribution in [3.63, 3.8) is 0 Å². The Labute approximate surface area is 104 Å². The molecule has 0 radical (unpaired) electrons. The lowest BCUT2D eigenvalue weighted by atomic mass is 9.93. The molecule has 1 heterocycles. The fourth-order valence-corrected chi connectivity index (χ4v) is 2.18. The summed E-state index contributed by atoms with van der Waals surface area (Å²) < 4.78 is 0. The average molecular weight is 242 g/mol. The number of carbonyl (C=O) groups is 1. The second-order valence-electron chi connectivity index (χ2n) is 5.11. The van der Waals surface area contributed by atoms with Gasteiger partial charge in [0.05, 0.1) is 5.60 Å². The maximum atomic E-state index is 11.7. The summed E-state index contributed by atoms with van der Waals surface area (Å²) in [5, 5.41) is 16.2. The molecule has 1 saturated heterocycles. The van der Waals surface area contributed by atoms with Gasteiger partial charge in [-0.2, -0.15) is 0 Å². The lowest BCUT2D eigenvalue weighted by Crippen LogP contribution is -2.42. The third kappa shape index (κ3) is 5.04. The van der Waals surface area contributed by atoms with E-state index in [1.807, 2.05) is 13.8 Å². The van der Waals surface area contributed by atoms with Crippen LogP contribution in [-0.2, 0) is 4.79 Å².